The zero-order valence-electron chi connectivity index (χ0n) is 10.5. The lowest BCUT2D eigenvalue weighted by atomic mass is 10.3. The molecule has 0 atom stereocenters. The van der Waals surface area contributed by atoms with Crippen molar-refractivity contribution in [2.75, 3.05) is 5.43 Å². The second-order valence-corrected chi connectivity index (χ2v) is 5.96. The highest BCUT2D eigenvalue weighted by molar-refractivity contribution is 7.11. The van der Waals surface area contributed by atoms with Gasteiger partial charge in [-0.1, -0.05) is 34.8 Å². The maximum absolute atomic E-state index is 11.0. The lowest BCUT2D eigenvalue weighted by Crippen LogP contribution is -2.05. The number of nitrogens with zero attached hydrogens (tertiary/aromatic N) is 2. The molecule has 2 aromatic rings. The minimum atomic E-state index is -1.31. The van der Waals surface area contributed by atoms with Gasteiger partial charge in [-0.05, 0) is 23.9 Å². The summed E-state index contributed by atoms with van der Waals surface area (Å²) >= 11 is 19.2. The van der Waals surface area contributed by atoms with E-state index in [4.69, 9.17) is 39.9 Å². The first-order valence-electron chi connectivity index (χ1n) is 5.52. The number of aryl methyl sites for hydroxylation is 1. The van der Waals surface area contributed by atoms with Crippen LogP contribution in [-0.4, -0.2) is 22.3 Å². The summed E-state index contributed by atoms with van der Waals surface area (Å²) in [5, 5.41) is 14.6. The summed E-state index contributed by atoms with van der Waals surface area (Å²) in [5.41, 5.74) is 3.38. The number of aromatic carboxylic acids is 1. The largest absolute Gasteiger partial charge is 0.476 e. The van der Waals surface area contributed by atoms with Crippen molar-refractivity contribution in [2.45, 2.75) is 6.92 Å². The highest BCUT2D eigenvalue weighted by Crippen LogP contribution is 2.36. The Morgan fingerprint density at radius 3 is 2.71 bits per heavy atom. The van der Waals surface area contributed by atoms with Crippen molar-refractivity contribution in [2.24, 2.45) is 5.10 Å². The number of carboxylic acid groups (broad SMARTS) is 1. The number of thiophene rings is 1. The average Bonchev–Trinajstić information content (AvgIpc) is 2.83. The first kappa shape index (κ1) is 16.0. The van der Waals surface area contributed by atoms with Gasteiger partial charge in [0, 0.05) is 4.88 Å². The maximum Gasteiger partial charge on any atom is 0.356 e. The Labute approximate surface area is 139 Å². The third-order valence-electron chi connectivity index (χ3n) is 2.50. The number of hydrogen-bond acceptors (Lipinski definition) is 5. The van der Waals surface area contributed by atoms with Gasteiger partial charge in [-0.2, -0.15) is 5.10 Å². The van der Waals surface area contributed by atoms with Gasteiger partial charge in [0.25, 0.3) is 0 Å². The first-order chi connectivity index (χ1) is 9.91. The third-order valence-corrected chi connectivity index (χ3v) is 4.56. The molecule has 0 bridgehead atoms. The van der Waals surface area contributed by atoms with E-state index in [0.29, 0.717) is 0 Å². The predicted octanol–water partition coefficient (Wildman–Crippen LogP) is 4.56. The van der Waals surface area contributed by atoms with Crippen LogP contribution in [-0.2, 0) is 0 Å². The summed E-state index contributed by atoms with van der Waals surface area (Å²) in [5.74, 6) is -1.31. The van der Waals surface area contributed by atoms with Gasteiger partial charge >= 0.3 is 5.97 Å². The number of hydrogen-bond donors (Lipinski definition) is 2. The Kier molecular flexibility index (Phi) is 5.05. The van der Waals surface area contributed by atoms with Crippen molar-refractivity contribution in [1.29, 1.82) is 0 Å². The number of carbonyl (C=O) groups is 1. The van der Waals surface area contributed by atoms with Crippen LogP contribution in [0.15, 0.2) is 16.5 Å². The molecule has 0 spiro atoms. The van der Waals surface area contributed by atoms with Gasteiger partial charge in [0.05, 0.1) is 11.9 Å². The lowest BCUT2D eigenvalue weighted by molar-refractivity contribution is 0.0691. The average molecular weight is 365 g/mol. The number of carboxylic acids is 1. The van der Waals surface area contributed by atoms with E-state index in [9.17, 15) is 4.79 Å². The smallest absolute Gasteiger partial charge is 0.356 e. The molecule has 5 nitrogen and oxygen atoms in total. The van der Waals surface area contributed by atoms with Crippen LogP contribution >= 0.6 is 46.1 Å². The molecule has 21 heavy (non-hydrogen) atoms. The number of aromatic nitrogens is 1. The predicted molar refractivity (Wildman–Crippen MR) is 86.5 cm³/mol. The van der Waals surface area contributed by atoms with Gasteiger partial charge in [0.2, 0.25) is 0 Å². The fourth-order valence-corrected chi connectivity index (χ4v) is 2.88. The molecule has 0 aliphatic rings. The Morgan fingerprint density at radius 1 is 1.43 bits per heavy atom. The second kappa shape index (κ2) is 6.62. The summed E-state index contributed by atoms with van der Waals surface area (Å²) in [4.78, 5) is 15.6. The molecule has 0 radical (unpaired) electrons. The maximum atomic E-state index is 11.0. The second-order valence-electron chi connectivity index (χ2n) is 3.90. The zero-order valence-corrected chi connectivity index (χ0v) is 13.6. The zero-order chi connectivity index (χ0) is 15.6. The van der Waals surface area contributed by atoms with Crippen molar-refractivity contribution >= 4 is 64.0 Å². The van der Waals surface area contributed by atoms with E-state index in [1.807, 2.05) is 18.4 Å². The van der Waals surface area contributed by atoms with Crippen LogP contribution < -0.4 is 5.43 Å². The number of rotatable bonds is 4. The fourth-order valence-electron chi connectivity index (χ4n) is 1.43. The number of anilines is 1. The molecule has 0 saturated carbocycles. The molecule has 2 N–H and O–H groups in total. The molecule has 0 unspecified atom stereocenters. The van der Waals surface area contributed by atoms with Crippen LogP contribution in [0.5, 0.6) is 0 Å². The molecular formula is C12H8Cl3N3O2S. The highest BCUT2D eigenvalue weighted by Gasteiger charge is 2.20. The van der Waals surface area contributed by atoms with Crippen molar-refractivity contribution in [3.63, 3.8) is 0 Å². The molecule has 0 amide bonds. The molecule has 2 aromatic heterocycles. The Morgan fingerprint density at radius 2 is 2.14 bits per heavy atom. The molecule has 0 aliphatic carbocycles. The van der Waals surface area contributed by atoms with Crippen molar-refractivity contribution in [1.82, 2.24) is 4.98 Å². The molecular weight excluding hydrogens is 357 g/mol. The molecule has 0 saturated heterocycles. The van der Waals surface area contributed by atoms with Gasteiger partial charge in [-0.15, -0.1) is 11.3 Å². The summed E-state index contributed by atoms with van der Waals surface area (Å²) in [6, 6.07) is 1.96. The van der Waals surface area contributed by atoms with E-state index in [1.165, 1.54) is 11.3 Å². The van der Waals surface area contributed by atoms with E-state index >= 15 is 0 Å². The van der Waals surface area contributed by atoms with Crippen LogP contribution in [0.1, 0.15) is 20.9 Å². The number of nitrogens with one attached hydrogen (secondary N) is 1. The standard InChI is InChI=1S/C12H8Cl3N3O2S/c1-5-2-3-21-6(5)4-16-18-9-7(13)10(12(19)20)17-11(15)8(9)14/h2-4H,1H3,(H,17,18)(H,19,20). The molecule has 0 aliphatic heterocycles. The van der Waals surface area contributed by atoms with Crippen molar-refractivity contribution in [3.8, 4) is 0 Å². The van der Waals surface area contributed by atoms with Crippen molar-refractivity contribution < 1.29 is 9.90 Å². The van der Waals surface area contributed by atoms with E-state index in [2.05, 4.69) is 15.5 Å². The monoisotopic (exact) mass is 363 g/mol. The summed E-state index contributed by atoms with van der Waals surface area (Å²) < 4.78 is 0. The van der Waals surface area contributed by atoms with Crippen LogP contribution in [0.4, 0.5) is 5.69 Å². The summed E-state index contributed by atoms with van der Waals surface area (Å²) in [6.07, 6.45) is 1.58. The lowest BCUT2D eigenvalue weighted by Gasteiger charge is -2.09. The molecule has 2 heterocycles. The van der Waals surface area contributed by atoms with Crippen LogP contribution in [0.3, 0.4) is 0 Å². The topological polar surface area (TPSA) is 74.6 Å². The van der Waals surface area contributed by atoms with Crippen molar-refractivity contribution in [3.05, 3.63) is 42.8 Å². The minimum absolute atomic E-state index is 0.00622. The third kappa shape index (κ3) is 3.47. The molecule has 0 aromatic carbocycles. The summed E-state index contributed by atoms with van der Waals surface area (Å²) in [6.45, 7) is 1.95. The van der Waals surface area contributed by atoms with Gasteiger partial charge in [0.15, 0.2) is 10.8 Å². The molecule has 0 fully saturated rings. The van der Waals surface area contributed by atoms with Crippen LogP contribution in [0, 0.1) is 6.92 Å². The van der Waals surface area contributed by atoms with Crippen LogP contribution in [0.2, 0.25) is 15.2 Å². The quantitative estimate of drug-likeness (QED) is 0.474. The first-order valence-corrected chi connectivity index (χ1v) is 7.54. The molecule has 9 heteroatoms. The van der Waals surface area contributed by atoms with E-state index in [1.54, 1.807) is 6.21 Å². The number of hydrazone groups is 1. The Bertz CT molecular complexity index is 731. The van der Waals surface area contributed by atoms with E-state index < -0.39 is 11.7 Å². The number of halogens is 3. The highest BCUT2D eigenvalue weighted by atomic mass is 35.5. The fraction of sp³-hybridized carbons (Fsp3) is 0.0833. The summed E-state index contributed by atoms with van der Waals surface area (Å²) in [7, 11) is 0. The molecule has 110 valence electrons. The Hall–Kier alpha value is -1.34. The van der Waals surface area contributed by atoms with Gasteiger partial charge < -0.3 is 5.11 Å². The van der Waals surface area contributed by atoms with E-state index in [-0.39, 0.29) is 20.9 Å². The van der Waals surface area contributed by atoms with Crippen LogP contribution in [0.25, 0.3) is 0 Å². The molecule has 2 rings (SSSR count). The van der Waals surface area contributed by atoms with E-state index in [0.717, 1.165) is 10.4 Å². The van der Waals surface area contributed by atoms with Gasteiger partial charge in [0.1, 0.15) is 10.0 Å². The Balaban J connectivity index is 2.34. The number of pyridine rings is 1. The SMILES string of the molecule is Cc1ccsc1C=NNc1c(Cl)c(Cl)nc(C(=O)O)c1Cl. The minimum Gasteiger partial charge on any atom is -0.476 e. The normalized spacial score (nSPS) is 11.0. The van der Waals surface area contributed by atoms with Gasteiger partial charge in [-0.25, -0.2) is 9.78 Å². The van der Waals surface area contributed by atoms with Gasteiger partial charge in [-0.3, -0.25) is 5.43 Å².